The van der Waals surface area contributed by atoms with E-state index in [1.54, 1.807) is 24.3 Å². The van der Waals surface area contributed by atoms with E-state index in [0.29, 0.717) is 21.2 Å². The van der Waals surface area contributed by atoms with Crippen molar-refractivity contribution in [2.75, 3.05) is 10.8 Å². The Labute approximate surface area is 230 Å². The maximum Gasteiger partial charge on any atom is 0.263 e. The van der Waals surface area contributed by atoms with Crippen molar-refractivity contribution in [1.29, 1.82) is 0 Å². The number of hydrogen-bond donors (Lipinski definition) is 0. The van der Waals surface area contributed by atoms with Gasteiger partial charge in [0, 0.05) is 17.0 Å². The Kier molecular flexibility index (Phi) is 7.08. The summed E-state index contributed by atoms with van der Waals surface area (Å²) in [4.78, 5) is 2.41. The fourth-order valence-electron chi connectivity index (χ4n) is 4.91. The zero-order valence-corrected chi connectivity index (χ0v) is 23.9. The minimum atomic E-state index is -4.52. The highest BCUT2D eigenvalue weighted by Crippen LogP contribution is 2.48. The number of para-hydroxylation sites is 2. The van der Waals surface area contributed by atoms with Gasteiger partial charge in [-0.15, -0.1) is 0 Å². The monoisotopic (exact) mass is 589 g/mol. The van der Waals surface area contributed by atoms with E-state index < -0.39 is 32.0 Å². The summed E-state index contributed by atoms with van der Waals surface area (Å²) >= 11 is 2.83. The normalized spacial score (nSPS) is 19.8. The third-order valence-corrected chi connectivity index (χ3v) is 9.58. The number of nitrogens with zero attached hydrogens (tertiary/aromatic N) is 2. The van der Waals surface area contributed by atoms with E-state index in [2.05, 4.69) is 13.8 Å². The fraction of sp³-hybridized carbons (Fsp3) is 0.269. The first-order chi connectivity index (χ1) is 17.8. The van der Waals surface area contributed by atoms with Crippen molar-refractivity contribution < 1.29 is 30.5 Å². The Morgan fingerprint density at radius 2 is 1.68 bits per heavy atom. The Balaban J connectivity index is 1.58. The van der Waals surface area contributed by atoms with Crippen LogP contribution in [-0.4, -0.2) is 31.8 Å². The summed E-state index contributed by atoms with van der Waals surface area (Å²) in [5.74, 6) is -1.32. The average Bonchev–Trinajstić information content (AvgIpc) is 3.28. The van der Waals surface area contributed by atoms with Gasteiger partial charge < -0.3 is 14.0 Å². The number of allylic oxidation sites excluding steroid dienone is 4. The molecule has 2 aromatic carbocycles. The standard InChI is InChI=1S/C26H26N2O6S4/c1-26(2)14-18(12-24-27(16-37(29,30)31)20-7-3-5-9-22(20)35-24)11-19(15-26)13-25-28(17-38(32,33)34)21-8-4-6-10-23(21)36-25/h3-13H,14-17H2,1-2H3,(H-,29,30,31,32,33,34)/p-1. The Morgan fingerprint density at radius 3 is 2.42 bits per heavy atom. The van der Waals surface area contributed by atoms with Crippen LogP contribution in [0.15, 0.2) is 81.8 Å². The van der Waals surface area contributed by atoms with Crippen LogP contribution in [0, 0.1) is 5.41 Å². The molecule has 0 N–H and O–H groups in total. The van der Waals surface area contributed by atoms with Crippen molar-refractivity contribution in [3.63, 3.8) is 0 Å². The SMILES string of the molecule is CC1(C)CC(/C=C2\Sc3ccccc3N2CS(=O)(=O)[O-])=CC(=C/c2sc3ccccc3[n+]2CS(=O)(=O)[O-])/C1. The number of thiazole rings is 1. The van der Waals surface area contributed by atoms with Gasteiger partial charge in [-0.05, 0) is 53.7 Å². The third-order valence-electron chi connectivity index (χ3n) is 6.20. The number of benzene rings is 2. The molecular formula is C26H25N2O6S4-. The molecule has 0 radical (unpaired) electrons. The molecule has 0 fully saturated rings. The maximum absolute atomic E-state index is 11.7. The highest BCUT2D eigenvalue weighted by atomic mass is 32.2. The molecule has 8 nitrogen and oxygen atoms in total. The highest BCUT2D eigenvalue weighted by Gasteiger charge is 2.30. The molecule has 12 heteroatoms. The molecule has 38 heavy (non-hydrogen) atoms. The van der Waals surface area contributed by atoms with Crippen molar-refractivity contribution in [3.8, 4) is 0 Å². The van der Waals surface area contributed by atoms with E-state index in [1.807, 2.05) is 42.5 Å². The van der Waals surface area contributed by atoms with Crippen LogP contribution in [0.4, 0.5) is 5.69 Å². The molecule has 0 amide bonds. The van der Waals surface area contributed by atoms with Gasteiger partial charge in [0.15, 0.2) is 10.1 Å². The van der Waals surface area contributed by atoms with Gasteiger partial charge in [-0.1, -0.05) is 67.3 Å². The van der Waals surface area contributed by atoms with Crippen molar-refractivity contribution in [3.05, 3.63) is 81.9 Å². The van der Waals surface area contributed by atoms with Crippen LogP contribution in [0.3, 0.4) is 0 Å². The summed E-state index contributed by atoms with van der Waals surface area (Å²) in [5.41, 5.74) is 3.14. The minimum absolute atomic E-state index is 0.134. The zero-order chi connectivity index (χ0) is 27.3. The topological polar surface area (TPSA) is 122 Å². The molecule has 2 aliphatic rings. The molecule has 200 valence electrons. The maximum atomic E-state index is 11.7. The first-order valence-electron chi connectivity index (χ1n) is 11.7. The van der Waals surface area contributed by atoms with Crippen LogP contribution in [0.25, 0.3) is 16.3 Å². The largest absolute Gasteiger partial charge is 0.747 e. The molecule has 0 bridgehead atoms. The number of anilines is 1. The van der Waals surface area contributed by atoms with Crippen LogP contribution in [-0.2, 0) is 26.1 Å². The van der Waals surface area contributed by atoms with Crippen LogP contribution in [0.2, 0.25) is 0 Å². The van der Waals surface area contributed by atoms with E-state index in [-0.39, 0.29) is 5.41 Å². The zero-order valence-electron chi connectivity index (χ0n) is 20.7. The molecule has 0 spiro atoms. The summed E-state index contributed by atoms with van der Waals surface area (Å²) in [5, 5.41) is 1.31. The lowest BCUT2D eigenvalue weighted by Crippen LogP contribution is -2.39. The first-order valence-corrected chi connectivity index (χ1v) is 16.5. The predicted molar refractivity (Wildman–Crippen MR) is 148 cm³/mol. The number of fused-ring (bicyclic) bond motifs is 2. The fourth-order valence-corrected chi connectivity index (χ4v) is 8.54. The van der Waals surface area contributed by atoms with Gasteiger partial charge in [0.2, 0.25) is 11.4 Å². The summed E-state index contributed by atoms with van der Waals surface area (Å²) in [6, 6.07) is 14.7. The van der Waals surface area contributed by atoms with Crippen molar-refractivity contribution in [1.82, 2.24) is 0 Å². The molecule has 1 aromatic heterocycles. The molecule has 0 saturated heterocycles. The minimum Gasteiger partial charge on any atom is -0.747 e. The van der Waals surface area contributed by atoms with Gasteiger partial charge in [0.1, 0.15) is 20.7 Å². The summed E-state index contributed by atoms with van der Waals surface area (Å²) < 4.78 is 72.5. The van der Waals surface area contributed by atoms with Crippen LogP contribution in [0.1, 0.15) is 31.7 Å². The second kappa shape index (κ2) is 9.92. The van der Waals surface area contributed by atoms with E-state index in [0.717, 1.165) is 33.6 Å². The van der Waals surface area contributed by atoms with Crippen LogP contribution < -0.4 is 9.47 Å². The second-order valence-corrected chi connectivity index (χ2v) is 15.0. The quantitative estimate of drug-likeness (QED) is 0.298. The van der Waals surface area contributed by atoms with Crippen molar-refractivity contribution >= 4 is 65.3 Å². The van der Waals surface area contributed by atoms with Crippen molar-refractivity contribution in [2.24, 2.45) is 5.41 Å². The van der Waals surface area contributed by atoms with Crippen LogP contribution in [0.5, 0.6) is 0 Å². The van der Waals surface area contributed by atoms with Crippen molar-refractivity contribution in [2.45, 2.75) is 37.5 Å². The first kappa shape index (κ1) is 27.1. The van der Waals surface area contributed by atoms with E-state index in [4.69, 9.17) is 0 Å². The molecule has 3 aromatic rings. The number of aromatic nitrogens is 1. The molecule has 5 rings (SSSR count). The lowest BCUT2D eigenvalue weighted by Gasteiger charge is -2.31. The lowest BCUT2D eigenvalue weighted by atomic mass is 9.75. The molecule has 0 atom stereocenters. The Bertz CT molecular complexity index is 1730. The van der Waals surface area contributed by atoms with Gasteiger partial charge >= 0.3 is 0 Å². The van der Waals surface area contributed by atoms with E-state index in [1.165, 1.54) is 32.6 Å². The molecular weight excluding hydrogens is 565 g/mol. The smallest absolute Gasteiger partial charge is 0.263 e. The number of rotatable bonds is 6. The number of hydrogen-bond acceptors (Lipinski definition) is 9. The molecule has 1 aliphatic carbocycles. The molecule has 1 aliphatic heterocycles. The van der Waals surface area contributed by atoms with Crippen LogP contribution >= 0.6 is 23.1 Å². The Hall–Kier alpha value is -2.48. The van der Waals surface area contributed by atoms with Gasteiger partial charge in [-0.3, -0.25) is 0 Å². The molecule has 0 unspecified atom stereocenters. The number of thioether (sulfide) groups is 1. The van der Waals surface area contributed by atoms with Gasteiger partial charge in [0.25, 0.3) is 5.01 Å². The summed E-state index contributed by atoms with van der Waals surface area (Å²) in [7, 11) is -9.03. The second-order valence-electron chi connectivity index (χ2n) is 10.1. The van der Waals surface area contributed by atoms with E-state index >= 15 is 0 Å². The van der Waals surface area contributed by atoms with Gasteiger partial charge in [0.05, 0.1) is 10.7 Å². The van der Waals surface area contributed by atoms with Gasteiger partial charge in [-0.25, -0.2) is 16.8 Å². The molecule has 0 saturated carbocycles. The average molecular weight is 590 g/mol. The molecule has 2 heterocycles. The Morgan fingerprint density at radius 1 is 0.974 bits per heavy atom. The third kappa shape index (κ3) is 6.22. The highest BCUT2D eigenvalue weighted by molar-refractivity contribution is 8.03. The van der Waals surface area contributed by atoms with Gasteiger partial charge in [-0.2, -0.15) is 4.57 Å². The lowest BCUT2D eigenvalue weighted by molar-refractivity contribution is -0.649. The van der Waals surface area contributed by atoms with E-state index in [9.17, 15) is 25.9 Å². The summed E-state index contributed by atoms with van der Waals surface area (Å²) in [6.07, 6.45) is 7.32. The summed E-state index contributed by atoms with van der Waals surface area (Å²) in [6.45, 7) is 4.26. The predicted octanol–water partition coefficient (Wildman–Crippen LogP) is 4.78.